The van der Waals surface area contributed by atoms with E-state index < -0.39 is 11.9 Å². The third-order valence-electron chi connectivity index (χ3n) is 4.48. The van der Waals surface area contributed by atoms with Crippen molar-refractivity contribution in [3.05, 3.63) is 57.8 Å². The van der Waals surface area contributed by atoms with Crippen molar-refractivity contribution in [1.29, 1.82) is 0 Å². The summed E-state index contributed by atoms with van der Waals surface area (Å²) < 4.78 is 5.59. The lowest BCUT2D eigenvalue weighted by molar-refractivity contribution is -0.138. The van der Waals surface area contributed by atoms with Crippen molar-refractivity contribution >= 4 is 52.6 Å². The van der Waals surface area contributed by atoms with Crippen molar-refractivity contribution in [2.75, 3.05) is 31.2 Å². The van der Waals surface area contributed by atoms with Crippen LogP contribution in [-0.4, -0.2) is 53.9 Å². The van der Waals surface area contributed by atoms with Gasteiger partial charge in [-0.2, -0.15) is 0 Å². The zero-order valence-electron chi connectivity index (χ0n) is 16.7. The fraction of sp³-hybridized carbons (Fsp3) is 0.381. The summed E-state index contributed by atoms with van der Waals surface area (Å²) in [5.41, 5.74) is 1.59. The number of hydrogen-bond donors (Lipinski definition) is 1. The van der Waals surface area contributed by atoms with E-state index >= 15 is 0 Å². The molecule has 6 nitrogen and oxygen atoms in total. The topological polar surface area (TPSA) is 75.7 Å². The van der Waals surface area contributed by atoms with Crippen LogP contribution >= 0.6 is 34.9 Å². The number of likely N-dealkylation sites (N-methyl/N-ethyl adjacent to an activating group) is 1. The number of ether oxygens (including phenoxy) is 1. The Balaban J connectivity index is 1.44. The number of nitrogens with one attached hydrogen (secondary N) is 1. The molecule has 1 saturated heterocycles. The van der Waals surface area contributed by atoms with Gasteiger partial charge in [-0.1, -0.05) is 18.2 Å². The van der Waals surface area contributed by atoms with Gasteiger partial charge in [-0.3, -0.25) is 9.59 Å². The first-order valence-electron chi connectivity index (χ1n) is 9.64. The smallest absolute Gasteiger partial charge is 0.338 e. The molecule has 3 rings (SSSR count). The van der Waals surface area contributed by atoms with Crippen molar-refractivity contribution in [2.45, 2.75) is 18.1 Å². The number of benzene rings is 1. The van der Waals surface area contributed by atoms with Crippen LogP contribution in [0.4, 0.5) is 0 Å². The number of carbonyl (C=O) groups is 3. The van der Waals surface area contributed by atoms with Gasteiger partial charge in [0.25, 0.3) is 5.91 Å². The predicted octanol–water partition coefficient (Wildman–Crippen LogP) is 3.55. The molecule has 0 spiro atoms. The monoisotopic (exact) mass is 464 g/mol. The quantitative estimate of drug-likeness (QED) is 0.572. The highest BCUT2D eigenvalue weighted by Gasteiger charge is 2.20. The van der Waals surface area contributed by atoms with E-state index in [1.165, 1.54) is 10.5 Å². The third kappa shape index (κ3) is 6.52. The Morgan fingerprint density at radius 3 is 2.50 bits per heavy atom. The van der Waals surface area contributed by atoms with E-state index in [4.69, 9.17) is 4.74 Å². The van der Waals surface area contributed by atoms with Crippen LogP contribution in [0.15, 0.2) is 41.8 Å². The highest BCUT2D eigenvalue weighted by molar-refractivity contribution is 8.19. The Labute approximate surface area is 188 Å². The summed E-state index contributed by atoms with van der Waals surface area (Å²) >= 11 is 5.36. The average Bonchev–Trinajstić information content (AvgIpc) is 3.48. The van der Waals surface area contributed by atoms with Crippen LogP contribution < -0.4 is 5.32 Å². The van der Waals surface area contributed by atoms with Gasteiger partial charge in [0.2, 0.25) is 5.91 Å². The van der Waals surface area contributed by atoms with E-state index in [2.05, 4.69) is 5.32 Å². The largest absolute Gasteiger partial charge is 0.452 e. The summed E-state index contributed by atoms with van der Waals surface area (Å²) in [6, 6.07) is 11.2. The molecule has 1 aliphatic heterocycles. The van der Waals surface area contributed by atoms with Crippen molar-refractivity contribution < 1.29 is 19.1 Å². The maximum absolute atomic E-state index is 12.4. The van der Waals surface area contributed by atoms with Crippen LogP contribution in [0.25, 0.3) is 0 Å². The fourth-order valence-corrected chi connectivity index (χ4v) is 6.34. The van der Waals surface area contributed by atoms with Gasteiger partial charge in [0.15, 0.2) is 6.61 Å². The maximum atomic E-state index is 12.4. The van der Waals surface area contributed by atoms with Crippen LogP contribution in [0.1, 0.15) is 32.3 Å². The number of esters is 1. The summed E-state index contributed by atoms with van der Waals surface area (Å²) in [5.74, 6) is 1.10. The molecule has 2 amide bonds. The van der Waals surface area contributed by atoms with Gasteiger partial charge >= 0.3 is 5.97 Å². The molecule has 0 atom stereocenters. The summed E-state index contributed by atoms with van der Waals surface area (Å²) in [6.45, 7) is 2.12. The van der Waals surface area contributed by atoms with Crippen molar-refractivity contribution in [2.24, 2.45) is 0 Å². The number of hydrogen-bond acceptors (Lipinski definition) is 7. The molecule has 1 aliphatic rings. The Morgan fingerprint density at radius 2 is 1.87 bits per heavy atom. The van der Waals surface area contributed by atoms with E-state index in [1.54, 1.807) is 30.4 Å². The molecule has 9 heteroatoms. The molecular formula is C21H24N2O4S3. The zero-order valence-corrected chi connectivity index (χ0v) is 19.1. The van der Waals surface area contributed by atoms with Crippen LogP contribution in [-0.2, 0) is 20.9 Å². The molecule has 2 aromatic rings. The molecule has 1 aromatic heterocycles. The zero-order chi connectivity index (χ0) is 21.3. The Morgan fingerprint density at radius 1 is 1.13 bits per heavy atom. The van der Waals surface area contributed by atoms with Crippen molar-refractivity contribution in [1.82, 2.24) is 10.2 Å². The highest BCUT2D eigenvalue weighted by atomic mass is 32.2. The number of thioether (sulfide) groups is 2. The molecule has 0 radical (unpaired) electrons. The van der Waals surface area contributed by atoms with Gasteiger partial charge in [-0.15, -0.1) is 34.9 Å². The second-order valence-corrected chi connectivity index (χ2v) is 10.3. The second-order valence-electron chi connectivity index (χ2n) is 6.54. The minimum Gasteiger partial charge on any atom is -0.452 e. The van der Waals surface area contributed by atoms with E-state index in [0.717, 1.165) is 16.4 Å². The van der Waals surface area contributed by atoms with Gasteiger partial charge in [0.05, 0.1) is 23.2 Å². The van der Waals surface area contributed by atoms with Crippen molar-refractivity contribution in [3.63, 3.8) is 0 Å². The van der Waals surface area contributed by atoms with E-state index in [9.17, 15) is 14.4 Å². The number of nitrogens with zero attached hydrogens (tertiary/aromatic N) is 1. The number of thiophene rings is 1. The molecule has 2 heterocycles. The van der Waals surface area contributed by atoms with Gasteiger partial charge in [0.1, 0.15) is 0 Å². The van der Waals surface area contributed by atoms with Gasteiger partial charge in [0, 0.05) is 22.9 Å². The minimum absolute atomic E-state index is 0.0658. The molecule has 1 aromatic carbocycles. The SMILES string of the molecule is CCN(CC(=O)NCc1cccs1)C(=O)COC(=O)c1ccc(C2SCCS2)cc1. The normalized spacial score (nSPS) is 13.8. The lowest BCUT2D eigenvalue weighted by atomic mass is 10.1. The molecule has 0 aliphatic carbocycles. The lowest BCUT2D eigenvalue weighted by Crippen LogP contribution is -2.42. The summed E-state index contributed by atoms with van der Waals surface area (Å²) in [5, 5.41) is 4.73. The number of carbonyl (C=O) groups excluding carboxylic acids is 3. The average molecular weight is 465 g/mol. The standard InChI is InChI=1S/C21H24N2O4S3/c1-2-23(13-18(24)22-12-17-4-3-9-28-17)19(25)14-27-20(26)15-5-7-16(8-6-15)21-29-10-11-30-21/h3-9,21H,2,10-14H2,1H3,(H,22,24). The lowest BCUT2D eigenvalue weighted by Gasteiger charge is -2.20. The minimum atomic E-state index is -0.542. The molecule has 0 unspecified atom stereocenters. The summed E-state index contributed by atoms with van der Waals surface area (Å²) in [7, 11) is 0. The molecular weight excluding hydrogens is 440 g/mol. The molecule has 1 N–H and O–H groups in total. The number of amides is 2. The van der Waals surface area contributed by atoms with Crippen LogP contribution in [0.2, 0.25) is 0 Å². The Hall–Kier alpha value is -1.97. The predicted molar refractivity (Wildman–Crippen MR) is 123 cm³/mol. The molecule has 0 bridgehead atoms. The van der Waals surface area contributed by atoms with Crippen LogP contribution in [0, 0.1) is 0 Å². The fourth-order valence-electron chi connectivity index (χ4n) is 2.83. The van der Waals surface area contributed by atoms with Gasteiger partial charge < -0.3 is 15.0 Å². The molecule has 1 fully saturated rings. The van der Waals surface area contributed by atoms with Crippen LogP contribution in [0.3, 0.4) is 0 Å². The van der Waals surface area contributed by atoms with E-state index in [0.29, 0.717) is 23.2 Å². The summed E-state index contributed by atoms with van der Waals surface area (Å²) in [4.78, 5) is 39.2. The first-order valence-corrected chi connectivity index (χ1v) is 12.6. The summed E-state index contributed by atoms with van der Waals surface area (Å²) in [6.07, 6.45) is 0. The maximum Gasteiger partial charge on any atom is 0.338 e. The molecule has 0 saturated carbocycles. The van der Waals surface area contributed by atoms with Gasteiger partial charge in [-0.25, -0.2) is 4.79 Å². The molecule has 160 valence electrons. The Bertz CT molecular complexity index is 850. The third-order valence-corrected chi connectivity index (χ3v) is 8.46. The first-order chi connectivity index (χ1) is 14.6. The highest BCUT2D eigenvalue weighted by Crippen LogP contribution is 2.45. The molecule has 30 heavy (non-hydrogen) atoms. The number of rotatable bonds is 9. The van der Waals surface area contributed by atoms with Gasteiger partial charge in [-0.05, 0) is 36.1 Å². The second kappa shape index (κ2) is 11.4. The van der Waals surface area contributed by atoms with E-state index in [1.807, 2.05) is 53.2 Å². The van der Waals surface area contributed by atoms with E-state index in [-0.39, 0.29) is 19.1 Å². The first kappa shape index (κ1) is 22.7. The van der Waals surface area contributed by atoms with Crippen LogP contribution in [0.5, 0.6) is 0 Å². The van der Waals surface area contributed by atoms with Crippen molar-refractivity contribution in [3.8, 4) is 0 Å². The Kier molecular flexibility index (Phi) is 8.65.